The van der Waals surface area contributed by atoms with Gasteiger partial charge >= 0.3 is 0 Å². The van der Waals surface area contributed by atoms with Crippen LogP contribution in [0.25, 0.3) is 0 Å². The first-order valence-corrected chi connectivity index (χ1v) is 5.66. The van der Waals surface area contributed by atoms with E-state index < -0.39 is 0 Å². The van der Waals surface area contributed by atoms with Crippen LogP contribution in [0.3, 0.4) is 0 Å². The van der Waals surface area contributed by atoms with Crippen molar-refractivity contribution >= 4 is 0 Å². The molecule has 0 saturated carbocycles. The van der Waals surface area contributed by atoms with Gasteiger partial charge in [-0.15, -0.1) is 0 Å². The zero-order chi connectivity index (χ0) is 12.0. The minimum absolute atomic E-state index is 0.316. The smallest absolute Gasteiger partial charge is 0.123 e. The van der Waals surface area contributed by atoms with E-state index in [0.717, 1.165) is 18.8 Å². The maximum Gasteiger partial charge on any atom is 0.123 e. The summed E-state index contributed by atoms with van der Waals surface area (Å²) in [6, 6.07) is 8.46. The SMILES string of the molecule is COc1ccccc1C(C)NCCN(C)C. The third-order valence-corrected chi connectivity index (χ3v) is 2.61. The molecular weight excluding hydrogens is 200 g/mol. The van der Waals surface area contributed by atoms with Gasteiger partial charge in [0.15, 0.2) is 0 Å². The number of hydrogen-bond donors (Lipinski definition) is 1. The van der Waals surface area contributed by atoms with Crippen molar-refractivity contribution in [3.05, 3.63) is 29.8 Å². The molecule has 0 amide bonds. The van der Waals surface area contributed by atoms with Crippen LogP contribution in [-0.4, -0.2) is 39.2 Å². The van der Waals surface area contributed by atoms with Crippen molar-refractivity contribution in [3.8, 4) is 5.75 Å². The van der Waals surface area contributed by atoms with E-state index in [4.69, 9.17) is 4.74 Å². The molecule has 3 nitrogen and oxygen atoms in total. The molecule has 0 aliphatic rings. The van der Waals surface area contributed by atoms with Crippen LogP contribution in [0.1, 0.15) is 18.5 Å². The van der Waals surface area contributed by atoms with Crippen LogP contribution in [0.15, 0.2) is 24.3 Å². The molecule has 16 heavy (non-hydrogen) atoms. The van der Waals surface area contributed by atoms with Crippen LogP contribution >= 0.6 is 0 Å². The van der Waals surface area contributed by atoms with Gasteiger partial charge in [0.05, 0.1) is 7.11 Å². The largest absolute Gasteiger partial charge is 0.496 e. The van der Waals surface area contributed by atoms with Crippen molar-refractivity contribution in [1.29, 1.82) is 0 Å². The van der Waals surface area contributed by atoms with E-state index >= 15 is 0 Å². The lowest BCUT2D eigenvalue weighted by atomic mass is 10.1. The fourth-order valence-corrected chi connectivity index (χ4v) is 1.64. The molecular formula is C13H22N2O. The molecule has 0 spiro atoms. The van der Waals surface area contributed by atoms with Crippen molar-refractivity contribution in [2.75, 3.05) is 34.3 Å². The van der Waals surface area contributed by atoms with Crippen molar-refractivity contribution in [3.63, 3.8) is 0 Å². The van der Waals surface area contributed by atoms with Crippen LogP contribution in [0, 0.1) is 0 Å². The molecule has 1 aromatic carbocycles. The van der Waals surface area contributed by atoms with Crippen molar-refractivity contribution in [2.24, 2.45) is 0 Å². The number of nitrogens with zero attached hydrogens (tertiary/aromatic N) is 1. The number of nitrogens with one attached hydrogen (secondary N) is 1. The van der Waals surface area contributed by atoms with Gasteiger partial charge < -0.3 is 15.0 Å². The Hall–Kier alpha value is -1.06. The quantitative estimate of drug-likeness (QED) is 0.795. The summed E-state index contributed by atoms with van der Waals surface area (Å²) >= 11 is 0. The zero-order valence-electron chi connectivity index (χ0n) is 10.7. The van der Waals surface area contributed by atoms with Gasteiger partial charge in [-0.3, -0.25) is 0 Å². The molecule has 1 rings (SSSR count). The zero-order valence-corrected chi connectivity index (χ0v) is 10.7. The third kappa shape index (κ3) is 3.83. The third-order valence-electron chi connectivity index (χ3n) is 2.61. The molecule has 0 saturated heterocycles. The summed E-state index contributed by atoms with van der Waals surface area (Å²) in [5, 5.41) is 3.48. The Kier molecular flexibility index (Phi) is 5.29. The van der Waals surface area contributed by atoms with Crippen LogP contribution < -0.4 is 10.1 Å². The highest BCUT2D eigenvalue weighted by Crippen LogP contribution is 2.23. The van der Waals surface area contributed by atoms with Gasteiger partial charge in [0.1, 0.15) is 5.75 Å². The lowest BCUT2D eigenvalue weighted by Crippen LogP contribution is -2.28. The molecule has 1 atom stereocenters. The molecule has 0 heterocycles. The van der Waals surface area contributed by atoms with E-state index in [1.54, 1.807) is 7.11 Å². The maximum absolute atomic E-state index is 5.34. The molecule has 0 aliphatic heterocycles. The summed E-state index contributed by atoms with van der Waals surface area (Å²) in [6.07, 6.45) is 0. The van der Waals surface area contributed by atoms with Crippen molar-refractivity contribution in [1.82, 2.24) is 10.2 Å². The molecule has 3 heteroatoms. The Bertz CT molecular complexity index is 313. The average molecular weight is 222 g/mol. The molecule has 1 N–H and O–H groups in total. The van der Waals surface area contributed by atoms with Crippen molar-refractivity contribution in [2.45, 2.75) is 13.0 Å². The molecule has 1 unspecified atom stereocenters. The Labute approximate surface area is 98.4 Å². The summed E-state index contributed by atoms with van der Waals surface area (Å²) < 4.78 is 5.34. The van der Waals surface area contributed by atoms with Gasteiger partial charge in [-0.2, -0.15) is 0 Å². The van der Waals surface area contributed by atoms with Crippen LogP contribution in [0.2, 0.25) is 0 Å². The van der Waals surface area contributed by atoms with Gasteiger partial charge in [-0.05, 0) is 27.1 Å². The van der Waals surface area contributed by atoms with E-state index in [2.05, 4.69) is 37.3 Å². The van der Waals surface area contributed by atoms with Gasteiger partial charge in [0, 0.05) is 24.7 Å². The number of para-hydroxylation sites is 1. The van der Waals surface area contributed by atoms with Crippen molar-refractivity contribution < 1.29 is 4.74 Å². The standard InChI is InChI=1S/C13H22N2O/c1-11(14-9-10-15(2)3)12-7-5-6-8-13(12)16-4/h5-8,11,14H,9-10H2,1-4H3. The summed E-state index contributed by atoms with van der Waals surface area (Å²) in [4.78, 5) is 2.17. The van der Waals surface area contributed by atoms with E-state index in [9.17, 15) is 0 Å². The highest BCUT2D eigenvalue weighted by Gasteiger charge is 2.09. The molecule has 90 valence electrons. The van der Waals surface area contributed by atoms with E-state index in [1.165, 1.54) is 5.56 Å². The normalized spacial score (nSPS) is 12.8. The number of ether oxygens (including phenoxy) is 1. The van der Waals surface area contributed by atoms with Gasteiger partial charge in [-0.25, -0.2) is 0 Å². The predicted molar refractivity (Wildman–Crippen MR) is 68.0 cm³/mol. The lowest BCUT2D eigenvalue weighted by molar-refractivity contribution is 0.379. The second-order valence-electron chi connectivity index (χ2n) is 4.22. The molecule has 0 radical (unpaired) electrons. The Morgan fingerprint density at radius 1 is 1.31 bits per heavy atom. The highest BCUT2D eigenvalue weighted by atomic mass is 16.5. The predicted octanol–water partition coefficient (Wildman–Crippen LogP) is 1.91. The average Bonchev–Trinajstić information content (AvgIpc) is 2.28. The molecule has 0 fully saturated rings. The van der Waals surface area contributed by atoms with Gasteiger partial charge in [0.2, 0.25) is 0 Å². The first-order valence-electron chi connectivity index (χ1n) is 5.66. The fourth-order valence-electron chi connectivity index (χ4n) is 1.64. The highest BCUT2D eigenvalue weighted by molar-refractivity contribution is 5.35. The van der Waals surface area contributed by atoms with Crippen LogP contribution in [0.5, 0.6) is 5.75 Å². The lowest BCUT2D eigenvalue weighted by Gasteiger charge is -2.18. The number of likely N-dealkylation sites (N-methyl/N-ethyl adjacent to an activating group) is 1. The minimum Gasteiger partial charge on any atom is -0.496 e. The first kappa shape index (κ1) is 13.0. The summed E-state index contributed by atoms with van der Waals surface area (Å²) in [5.41, 5.74) is 1.21. The molecule has 0 bridgehead atoms. The molecule has 0 aromatic heterocycles. The number of methoxy groups -OCH3 is 1. The van der Waals surface area contributed by atoms with Gasteiger partial charge in [0.25, 0.3) is 0 Å². The van der Waals surface area contributed by atoms with E-state index in [-0.39, 0.29) is 0 Å². The summed E-state index contributed by atoms with van der Waals surface area (Å²) in [5.74, 6) is 0.951. The summed E-state index contributed by atoms with van der Waals surface area (Å²) in [7, 11) is 5.87. The fraction of sp³-hybridized carbons (Fsp3) is 0.538. The Morgan fingerprint density at radius 2 is 2.00 bits per heavy atom. The van der Waals surface area contributed by atoms with E-state index in [1.807, 2.05) is 18.2 Å². The van der Waals surface area contributed by atoms with Crippen LogP contribution in [0.4, 0.5) is 0 Å². The molecule has 0 aliphatic carbocycles. The number of benzene rings is 1. The first-order chi connectivity index (χ1) is 7.65. The Balaban J connectivity index is 2.55. The number of rotatable bonds is 6. The second-order valence-corrected chi connectivity index (χ2v) is 4.22. The second kappa shape index (κ2) is 6.51. The topological polar surface area (TPSA) is 24.5 Å². The van der Waals surface area contributed by atoms with E-state index in [0.29, 0.717) is 6.04 Å². The Morgan fingerprint density at radius 3 is 2.62 bits per heavy atom. The van der Waals surface area contributed by atoms with Gasteiger partial charge in [-0.1, -0.05) is 18.2 Å². The van der Waals surface area contributed by atoms with Crippen LogP contribution in [-0.2, 0) is 0 Å². The minimum atomic E-state index is 0.316. The summed E-state index contributed by atoms with van der Waals surface area (Å²) in [6.45, 7) is 4.18. The maximum atomic E-state index is 5.34. The number of hydrogen-bond acceptors (Lipinski definition) is 3. The monoisotopic (exact) mass is 222 g/mol. The molecule has 1 aromatic rings.